The molecule has 0 unspecified atom stereocenters. The molecule has 40 heavy (non-hydrogen) atoms. The highest BCUT2D eigenvalue weighted by Crippen LogP contribution is 2.37. The molecule has 1 amide bonds. The van der Waals surface area contributed by atoms with Crippen LogP contribution in [0.15, 0.2) is 94.8 Å². The SMILES string of the molecule is N=C1C(=Cc2cccc(OCCOc3ccc(C4CCCCC4)cc3)c2)C(=O)N=C2SC=C(c3ccccc3)N12. The van der Waals surface area contributed by atoms with Crippen LogP contribution < -0.4 is 9.47 Å². The van der Waals surface area contributed by atoms with Crippen LogP contribution in [0.25, 0.3) is 11.8 Å². The van der Waals surface area contributed by atoms with Crippen LogP contribution in [0.1, 0.15) is 54.7 Å². The molecule has 0 atom stereocenters. The lowest BCUT2D eigenvalue weighted by molar-refractivity contribution is -0.114. The Morgan fingerprint density at radius 3 is 2.42 bits per heavy atom. The van der Waals surface area contributed by atoms with E-state index < -0.39 is 5.91 Å². The number of aliphatic imine (C=N–C) groups is 1. The summed E-state index contributed by atoms with van der Waals surface area (Å²) in [4.78, 5) is 18.8. The first-order chi connectivity index (χ1) is 19.7. The average Bonchev–Trinajstić information content (AvgIpc) is 3.43. The Bertz CT molecular complexity index is 1490. The first-order valence-electron chi connectivity index (χ1n) is 13.8. The molecule has 2 aliphatic heterocycles. The van der Waals surface area contributed by atoms with Gasteiger partial charge in [-0.1, -0.05) is 85.6 Å². The van der Waals surface area contributed by atoms with Crippen LogP contribution in [0.3, 0.4) is 0 Å². The molecule has 0 radical (unpaired) electrons. The van der Waals surface area contributed by atoms with Crippen molar-refractivity contribution in [3.8, 4) is 11.5 Å². The van der Waals surface area contributed by atoms with Crippen LogP contribution in [0.4, 0.5) is 0 Å². The summed E-state index contributed by atoms with van der Waals surface area (Å²) in [5.74, 6) is 1.91. The van der Waals surface area contributed by atoms with Crippen LogP contribution >= 0.6 is 11.8 Å². The second kappa shape index (κ2) is 12.0. The molecular weight excluding hydrogens is 518 g/mol. The lowest BCUT2D eigenvalue weighted by Gasteiger charge is -2.26. The molecule has 0 bridgehead atoms. The van der Waals surface area contributed by atoms with Gasteiger partial charge in [0.2, 0.25) is 0 Å². The number of nitrogens with zero attached hydrogens (tertiary/aromatic N) is 2. The minimum absolute atomic E-state index is 0.115. The van der Waals surface area contributed by atoms with Crippen molar-refractivity contribution < 1.29 is 14.3 Å². The maximum Gasteiger partial charge on any atom is 0.283 e. The Morgan fingerprint density at radius 2 is 1.65 bits per heavy atom. The maximum atomic E-state index is 12.8. The fourth-order valence-electron chi connectivity index (χ4n) is 5.37. The second-order valence-corrected chi connectivity index (χ2v) is 10.9. The maximum absolute atomic E-state index is 12.8. The van der Waals surface area contributed by atoms with E-state index in [1.165, 1.54) is 49.4 Å². The van der Waals surface area contributed by atoms with Crippen molar-refractivity contribution in [3.05, 3.63) is 107 Å². The highest BCUT2D eigenvalue weighted by atomic mass is 32.2. The van der Waals surface area contributed by atoms with Gasteiger partial charge in [-0.2, -0.15) is 4.99 Å². The van der Waals surface area contributed by atoms with E-state index in [0.29, 0.717) is 30.0 Å². The van der Waals surface area contributed by atoms with Gasteiger partial charge in [-0.05, 0) is 65.8 Å². The number of thioether (sulfide) groups is 1. The molecule has 1 N–H and O–H groups in total. The van der Waals surface area contributed by atoms with Crippen LogP contribution in [0.5, 0.6) is 11.5 Å². The molecule has 1 aliphatic carbocycles. The van der Waals surface area contributed by atoms with Crippen molar-refractivity contribution in [3.63, 3.8) is 0 Å². The highest BCUT2D eigenvalue weighted by Gasteiger charge is 2.36. The fourth-order valence-corrected chi connectivity index (χ4v) is 6.26. The molecule has 2 heterocycles. The van der Waals surface area contributed by atoms with E-state index in [0.717, 1.165) is 22.6 Å². The molecule has 1 fully saturated rings. The number of hydrogen-bond acceptors (Lipinski definition) is 5. The number of amides is 1. The molecule has 3 aromatic rings. The molecule has 6 rings (SSSR count). The van der Waals surface area contributed by atoms with Gasteiger partial charge >= 0.3 is 0 Å². The molecule has 0 saturated heterocycles. The van der Waals surface area contributed by atoms with Crippen LogP contribution in [0, 0.1) is 5.41 Å². The van der Waals surface area contributed by atoms with Gasteiger partial charge in [-0.25, -0.2) is 0 Å². The monoisotopic (exact) mass is 549 g/mol. The van der Waals surface area contributed by atoms with Crippen molar-refractivity contribution >= 4 is 40.4 Å². The van der Waals surface area contributed by atoms with Gasteiger partial charge in [0.05, 0.1) is 11.3 Å². The van der Waals surface area contributed by atoms with Crippen molar-refractivity contribution in [1.29, 1.82) is 5.41 Å². The van der Waals surface area contributed by atoms with E-state index in [1.54, 1.807) is 11.0 Å². The summed E-state index contributed by atoms with van der Waals surface area (Å²) < 4.78 is 11.8. The number of carbonyl (C=O) groups is 1. The van der Waals surface area contributed by atoms with Crippen molar-refractivity contribution in [2.75, 3.05) is 13.2 Å². The lowest BCUT2D eigenvalue weighted by atomic mass is 9.84. The van der Waals surface area contributed by atoms with Gasteiger partial charge in [0.1, 0.15) is 30.5 Å². The summed E-state index contributed by atoms with van der Waals surface area (Å²) in [6.45, 7) is 0.818. The zero-order chi connectivity index (χ0) is 27.3. The van der Waals surface area contributed by atoms with Crippen LogP contribution in [-0.4, -0.2) is 35.0 Å². The van der Waals surface area contributed by atoms with Crippen molar-refractivity contribution in [2.45, 2.75) is 38.0 Å². The van der Waals surface area contributed by atoms with Crippen molar-refractivity contribution in [1.82, 2.24) is 4.90 Å². The topological polar surface area (TPSA) is 75.0 Å². The Hall–Kier alpha value is -4.10. The number of benzene rings is 3. The first-order valence-corrected chi connectivity index (χ1v) is 14.7. The van der Waals surface area contributed by atoms with Gasteiger partial charge in [0, 0.05) is 5.41 Å². The predicted molar refractivity (Wildman–Crippen MR) is 162 cm³/mol. The molecule has 0 aromatic heterocycles. The molecule has 202 valence electrons. The summed E-state index contributed by atoms with van der Waals surface area (Å²) in [5.41, 5.74) is 4.23. The summed E-state index contributed by atoms with van der Waals surface area (Å²) in [5, 5.41) is 11.3. The number of amidine groups is 2. The van der Waals surface area contributed by atoms with E-state index in [1.807, 2.05) is 60.0 Å². The third kappa shape index (κ3) is 5.75. The Kier molecular flexibility index (Phi) is 7.82. The standard InChI is InChI=1S/C33H31N3O3S/c34-31-29(32(37)35-33-36(31)30(22-40-33)26-11-5-2-6-12-26)21-23-8-7-13-28(20-23)39-19-18-38-27-16-14-25(15-17-27)24-9-3-1-4-10-24/h2,5-8,11-17,20-22,24,34H,1,3-4,9-10,18-19H2. The molecule has 3 aliphatic rings. The number of hydrogen-bond donors (Lipinski definition) is 1. The van der Waals surface area contributed by atoms with Gasteiger partial charge in [0.15, 0.2) is 5.17 Å². The average molecular weight is 550 g/mol. The minimum atomic E-state index is -0.416. The van der Waals surface area contributed by atoms with E-state index >= 15 is 0 Å². The zero-order valence-corrected chi connectivity index (χ0v) is 23.0. The Balaban J connectivity index is 1.07. The molecule has 0 spiro atoms. The second-order valence-electron chi connectivity index (χ2n) is 10.1. The summed E-state index contributed by atoms with van der Waals surface area (Å²) >= 11 is 1.36. The molecule has 6 nitrogen and oxygen atoms in total. The highest BCUT2D eigenvalue weighted by molar-refractivity contribution is 8.17. The molecule has 3 aromatic carbocycles. The third-order valence-electron chi connectivity index (χ3n) is 7.43. The fraction of sp³-hybridized carbons (Fsp3) is 0.242. The Labute approximate surface area is 238 Å². The minimum Gasteiger partial charge on any atom is -0.490 e. The zero-order valence-electron chi connectivity index (χ0n) is 22.2. The first kappa shape index (κ1) is 26.1. The quantitative estimate of drug-likeness (QED) is 0.233. The van der Waals surface area contributed by atoms with Crippen LogP contribution in [-0.2, 0) is 4.79 Å². The number of ether oxygens (including phenoxy) is 2. The van der Waals surface area contributed by atoms with Gasteiger partial charge in [-0.3, -0.25) is 15.1 Å². The summed E-state index contributed by atoms with van der Waals surface area (Å²) in [6, 6.07) is 25.8. The van der Waals surface area contributed by atoms with E-state index in [4.69, 9.17) is 14.9 Å². The lowest BCUT2D eigenvalue weighted by Crippen LogP contribution is -2.38. The number of rotatable bonds is 8. The Morgan fingerprint density at radius 1 is 0.900 bits per heavy atom. The molecular formula is C33H31N3O3S. The van der Waals surface area contributed by atoms with Crippen LogP contribution in [0.2, 0.25) is 0 Å². The van der Waals surface area contributed by atoms with E-state index in [2.05, 4.69) is 29.3 Å². The number of carbonyl (C=O) groups excluding carboxylic acids is 1. The molecule has 1 saturated carbocycles. The third-order valence-corrected chi connectivity index (χ3v) is 8.26. The smallest absolute Gasteiger partial charge is 0.283 e. The normalized spacial score (nSPS) is 18.4. The van der Waals surface area contributed by atoms with Gasteiger partial charge in [0.25, 0.3) is 5.91 Å². The predicted octanol–water partition coefficient (Wildman–Crippen LogP) is 7.50. The van der Waals surface area contributed by atoms with Gasteiger partial charge < -0.3 is 9.47 Å². The number of nitrogens with one attached hydrogen (secondary N) is 1. The van der Waals surface area contributed by atoms with E-state index in [-0.39, 0.29) is 11.4 Å². The van der Waals surface area contributed by atoms with Gasteiger partial charge in [-0.15, -0.1) is 0 Å². The van der Waals surface area contributed by atoms with Crippen molar-refractivity contribution in [2.24, 2.45) is 4.99 Å². The number of fused-ring (bicyclic) bond motifs is 1. The summed E-state index contributed by atoms with van der Waals surface area (Å²) in [6.07, 6.45) is 8.30. The molecule has 7 heteroatoms. The van der Waals surface area contributed by atoms with E-state index in [9.17, 15) is 4.79 Å². The summed E-state index contributed by atoms with van der Waals surface area (Å²) in [7, 11) is 0. The largest absolute Gasteiger partial charge is 0.490 e.